The van der Waals surface area contributed by atoms with E-state index < -0.39 is 6.04 Å². The third-order valence-corrected chi connectivity index (χ3v) is 6.87. The molecule has 150 valence electrons. The monoisotopic (exact) mass is 427 g/mol. The van der Waals surface area contributed by atoms with Gasteiger partial charge in [-0.1, -0.05) is 30.3 Å². The molecule has 0 aliphatic carbocycles. The first-order valence-electron chi connectivity index (χ1n) is 9.27. The first-order chi connectivity index (χ1) is 14.0. The van der Waals surface area contributed by atoms with Gasteiger partial charge in [-0.3, -0.25) is 9.59 Å². The average molecular weight is 428 g/mol. The van der Waals surface area contributed by atoms with Gasteiger partial charge in [0.15, 0.2) is 10.8 Å². The van der Waals surface area contributed by atoms with Crippen molar-refractivity contribution in [1.29, 1.82) is 0 Å². The van der Waals surface area contributed by atoms with Crippen molar-refractivity contribution in [3.8, 4) is 10.8 Å². The smallest absolute Gasteiger partial charge is 0.267 e. The molecule has 3 heterocycles. The number of carbonyl (C=O) groups excluding carboxylic acids is 2. The number of nitrogens with one attached hydrogen (secondary N) is 1. The largest absolute Gasteiger partial charge is 0.459 e. The highest BCUT2D eigenvalue weighted by molar-refractivity contribution is 7.99. The number of aryl methyl sites for hydroxylation is 2. The van der Waals surface area contributed by atoms with E-state index in [1.54, 1.807) is 16.7 Å². The molecule has 0 saturated carbocycles. The fraction of sp³-hybridized carbons (Fsp3) is 0.286. The Morgan fingerprint density at radius 2 is 2.00 bits per heavy atom. The maximum absolute atomic E-state index is 13.2. The molecule has 1 atom stereocenters. The summed E-state index contributed by atoms with van der Waals surface area (Å²) in [5.74, 6) is 2.26. The Kier molecular flexibility index (Phi) is 5.73. The summed E-state index contributed by atoms with van der Waals surface area (Å²) < 4.78 is 5.63. The van der Waals surface area contributed by atoms with Crippen molar-refractivity contribution in [3.63, 3.8) is 0 Å². The summed E-state index contributed by atoms with van der Waals surface area (Å²) in [6, 6.07) is 13.0. The van der Waals surface area contributed by atoms with Gasteiger partial charge in [-0.15, -0.1) is 23.1 Å². The lowest BCUT2D eigenvalue weighted by atomic mass is 10.2. The van der Waals surface area contributed by atoms with Crippen molar-refractivity contribution >= 4 is 34.9 Å². The molecule has 2 amide bonds. The Hall–Kier alpha value is -2.58. The van der Waals surface area contributed by atoms with Gasteiger partial charge in [0.2, 0.25) is 5.91 Å². The Morgan fingerprint density at radius 1 is 1.21 bits per heavy atom. The van der Waals surface area contributed by atoms with Gasteiger partial charge in [0.1, 0.15) is 16.7 Å². The Balaban J connectivity index is 1.47. The van der Waals surface area contributed by atoms with Crippen LogP contribution in [0.2, 0.25) is 0 Å². The zero-order valence-electron chi connectivity index (χ0n) is 16.2. The predicted molar refractivity (Wildman–Crippen MR) is 115 cm³/mol. The standard InChI is InChI=1S/C21H21N3O3S2/c1-13-8-9-17(27-13)20-23-14(2)18(29-20)21(26)24-12-28-11-16(24)19(25)22-10-15-6-4-3-5-7-15/h3-9,16H,10-12H2,1-2H3,(H,22,25)/t16-/m1/s1. The van der Waals surface area contributed by atoms with Crippen LogP contribution in [0.3, 0.4) is 0 Å². The second-order valence-corrected chi connectivity index (χ2v) is 8.84. The SMILES string of the molecule is Cc1ccc(-c2nc(C)c(C(=O)N3CSC[C@@H]3C(=O)NCc3ccccc3)s2)o1. The first kappa shape index (κ1) is 19.7. The van der Waals surface area contributed by atoms with E-state index in [0.717, 1.165) is 11.3 Å². The third kappa shape index (κ3) is 4.23. The van der Waals surface area contributed by atoms with Gasteiger partial charge in [-0.05, 0) is 31.5 Å². The molecule has 8 heteroatoms. The number of carbonyl (C=O) groups is 2. The fourth-order valence-corrected chi connectivity index (χ4v) is 5.28. The molecule has 3 aromatic rings. The number of amides is 2. The van der Waals surface area contributed by atoms with Crippen molar-refractivity contribution in [2.75, 3.05) is 11.6 Å². The molecule has 1 saturated heterocycles. The first-order valence-corrected chi connectivity index (χ1v) is 11.2. The van der Waals surface area contributed by atoms with Crippen LogP contribution in [0, 0.1) is 13.8 Å². The normalized spacial score (nSPS) is 16.2. The van der Waals surface area contributed by atoms with Gasteiger partial charge in [-0.2, -0.15) is 0 Å². The van der Waals surface area contributed by atoms with E-state index in [0.29, 0.717) is 39.5 Å². The molecular weight excluding hydrogens is 406 g/mol. The van der Waals surface area contributed by atoms with E-state index in [-0.39, 0.29) is 11.8 Å². The van der Waals surface area contributed by atoms with Gasteiger partial charge >= 0.3 is 0 Å². The average Bonchev–Trinajstić information content (AvgIpc) is 3.46. The number of furan rings is 1. The Bertz CT molecular complexity index is 1030. The number of benzene rings is 1. The molecule has 0 bridgehead atoms. The van der Waals surface area contributed by atoms with E-state index in [2.05, 4.69) is 10.3 Å². The van der Waals surface area contributed by atoms with Crippen LogP contribution in [-0.4, -0.2) is 39.4 Å². The topological polar surface area (TPSA) is 75.4 Å². The molecule has 4 rings (SSSR count). The number of nitrogens with zero attached hydrogens (tertiary/aromatic N) is 2. The van der Waals surface area contributed by atoms with Crippen molar-refractivity contribution in [2.45, 2.75) is 26.4 Å². The van der Waals surface area contributed by atoms with E-state index in [9.17, 15) is 9.59 Å². The van der Waals surface area contributed by atoms with Crippen molar-refractivity contribution < 1.29 is 14.0 Å². The molecule has 2 aromatic heterocycles. The van der Waals surface area contributed by atoms with E-state index in [1.165, 1.54) is 11.3 Å². The van der Waals surface area contributed by atoms with E-state index in [4.69, 9.17) is 4.42 Å². The fourth-order valence-electron chi connectivity index (χ4n) is 3.14. The molecule has 1 aliphatic heterocycles. The summed E-state index contributed by atoms with van der Waals surface area (Å²) >= 11 is 2.89. The Labute approximate surface area is 177 Å². The summed E-state index contributed by atoms with van der Waals surface area (Å²) in [6.45, 7) is 4.14. The summed E-state index contributed by atoms with van der Waals surface area (Å²) in [5.41, 5.74) is 1.69. The lowest BCUT2D eigenvalue weighted by molar-refractivity contribution is -0.124. The van der Waals surface area contributed by atoms with Crippen molar-refractivity contribution in [3.05, 3.63) is 64.4 Å². The minimum atomic E-state index is -0.480. The molecular formula is C21H21N3O3S2. The van der Waals surface area contributed by atoms with E-state index >= 15 is 0 Å². The molecule has 29 heavy (non-hydrogen) atoms. The van der Waals surface area contributed by atoms with Crippen LogP contribution in [0.25, 0.3) is 10.8 Å². The lowest BCUT2D eigenvalue weighted by Crippen LogP contribution is -2.47. The minimum absolute atomic E-state index is 0.128. The highest BCUT2D eigenvalue weighted by Gasteiger charge is 2.36. The maximum Gasteiger partial charge on any atom is 0.267 e. The molecule has 1 N–H and O–H groups in total. The molecule has 6 nitrogen and oxygen atoms in total. The molecule has 1 aliphatic rings. The van der Waals surface area contributed by atoms with Gasteiger partial charge in [0.25, 0.3) is 5.91 Å². The van der Waals surface area contributed by atoms with Gasteiger partial charge in [-0.25, -0.2) is 4.98 Å². The maximum atomic E-state index is 13.2. The second kappa shape index (κ2) is 8.42. The summed E-state index contributed by atoms with van der Waals surface area (Å²) in [6.07, 6.45) is 0. The van der Waals surface area contributed by atoms with Crippen molar-refractivity contribution in [2.24, 2.45) is 0 Å². The number of aromatic nitrogens is 1. The van der Waals surface area contributed by atoms with E-state index in [1.807, 2.05) is 56.3 Å². The third-order valence-electron chi connectivity index (χ3n) is 4.70. The number of hydrogen-bond donors (Lipinski definition) is 1. The van der Waals surface area contributed by atoms with Gasteiger partial charge in [0, 0.05) is 12.3 Å². The summed E-state index contributed by atoms with van der Waals surface area (Å²) in [7, 11) is 0. The lowest BCUT2D eigenvalue weighted by Gasteiger charge is -2.22. The predicted octanol–water partition coefficient (Wildman–Crippen LogP) is 3.85. The van der Waals surface area contributed by atoms with Crippen LogP contribution >= 0.6 is 23.1 Å². The van der Waals surface area contributed by atoms with Crippen LogP contribution in [0.5, 0.6) is 0 Å². The molecule has 1 aromatic carbocycles. The Morgan fingerprint density at radius 3 is 2.72 bits per heavy atom. The number of thioether (sulfide) groups is 1. The molecule has 0 unspecified atom stereocenters. The zero-order valence-corrected chi connectivity index (χ0v) is 17.8. The van der Waals surface area contributed by atoms with Crippen LogP contribution in [-0.2, 0) is 11.3 Å². The molecule has 0 spiro atoms. The van der Waals surface area contributed by atoms with Crippen LogP contribution < -0.4 is 5.32 Å². The zero-order chi connectivity index (χ0) is 20.4. The van der Waals surface area contributed by atoms with Gasteiger partial charge < -0.3 is 14.6 Å². The van der Waals surface area contributed by atoms with Crippen molar-refractivity contribution in [1.82, 2.24) is 15.2 Å². The van der Waals surface area contributed by atoms with Crippen LogP contribution in [0.15, 0.2) is 46.9 Å². The highest BCUT2D eigenvalue weighted by Crippen LogP contribution is 2.32. The summed E-state index contributed by atoms with van der Waals surface area (Å²) in [5, 5.41) is 3.63. The van der Waals surface area contributed by atoms with Gasteiger partial charge in [0.05, 0.1) is 11.6 Å². The number of hydrogen-bond acceptors (Lipinski definition) is 6. The second-order valence-electron chi connectivity index (χ2n) is 6.84. The number of rotatable bonds is 5. The minimum Gasteiger partial charge on any atom is -0.459 e. The van der Waals surface area contributed by atoms with Crippen LogP contribution in [0.1, 0.15) is 26.7 Å². The summed E-state index contributed by atoms with van der Waals surface area (Å²) in [4.78, 5) is 32.6. The molecule has 1 fully saturated rings. The van der Waals surface area contributed by atoms with Crippen LogP contribution in [0.4, 0.5) is 0 Å². The highest BCUT2D eigenvalue weighted by atomic mass is 32.2. The molecule has 0 radical (unpaired) electrons. The quantitative estimate of drug-likeness (QED) is 0.669. The number of thiazole rings is 1.